The fourth-order valence-electron chi connectivity index (χ4n) is 1.37. The number of nitrogens with zero attached hydrogens (tertiary/aromatic N) is 1. The number of rotatable bonds is 0. The summed E-state index contributed by atoms with van der Waals surface area (Å²) in [6.07, 6.45) is 0. The Morgan fingerprint density at radius 3 is 2.60 bits per heavy atom. The third kappa shape index (κ3) is 1.52. The van der Waals surface area contributed by atoms with E-state index >= 15 is 0 Å². The lowest BCUT2D eigenvalue weighted by molar-refractivity contribution is 0.506. The molecule has 1 N–H and O–H groups in total. The largest absolute Gasteiger partial charge is 0.330 e. The van der Waals surface area contributed by atoms with Crippen LogP contribution < -0.4 is 0 Å². The maximum atomic E-state index is 13.5. The van der Waals surface area contributed by atoms with Crippen LogP contribution in [0.3, 0.4) is 0 Å². The highest BCUT2D eigenvalue weighted by Crippen LogP contribution is 2.20. The van der Waals surface area contributed by atoms with Crippen LogP contribution in [0.5, 0.6) is 0 Å². The number of halogens is 2. The van der Waals surface area contributed by atoms with Crippen LogP contribution in [-0.4, -0.2) is 9.97 Å². The lowest BCUT2D eigenvalue weighted by Gasteiger charge is -2.04. The van der Waals surface area contributed by atoms with E-state index in [1.165, 1.54) is 13.0 Å². The minimum absolute atomic E-state index is 0.0227. The molecule has 0 aromatic carbocycles. The molecule has 2 rings (SSSR count). The first-order valence-corrected chi connectivity index (χ1v) is 4.76. The average molecular weight is 226 g/mol. The Hall–Kier alpha value is -1.36. The Balaban J connectivity index is 2.99. The molecule has 2 aromatic heterocycles. The van der Waals surface area contributed by atoms with Gasteiger partial charge in [-0.2, -0.15) is 0 Å². The summed E-state index contributed by atoms with van der Waals surface area (Å²) in [5, 5.41) is 0.129. The van der Waals surface area contributed by atoms with Crippen molar-refractivity contribution in [2.75, 3.05) is 0 Å². The highest BCUT2D eigenvalue weighted by Gasteiger charge is 2.12. The van der Waals surface area contributed by atoms with Gasteiger partial charge in [0.1, 0.15) is 10.3 Å². The fraction of sp³-hybridized carbons (Fsp3) is 0.200. The van der Waals surface area contributed by atoms with Gasteiger partial charge in [0.2, 0.25) is 0 Å². The first-order valence-electron chi connectivity index (χ1n) is 4.36. The first-order chi connectivity index (χ1) is 7.00. The molecule has 0 unspecified atom stereocenters. The molecule has 0 atom stereocenters. The maximum absolute atomic E-state index is 13.5. The van der Waals surface area contributed by atoms with E-state index < -0.39 is 11.6 Å². The zero-order valence-electron chi connectivity index (χ0n) is 8.19. The fourth-order valence-corrected chi connectivity index (χ4v) is 1.53. The van der Waals surface area contributed by atoms with Crippen LogP contribution in [0.2, 0.25) is 0 Å². The van der Waals surface area contributed by atoms with E-state index in [9.17, 15) is 8.78 Å². The molecule has 5 heteroatoms. The van der Waals surface area contributed by atoms with Crippen molar-refractivity contribution in [2.24, 2.45) is 0 Å². The number of fused-ring (bicyclic) bond motifs is 1. The molecule has 0 radical (unpaired) electrons. The number of H-pyrrole nitrogens is 1. The number of hydrogen-bond acceptors (Lipinski definition) is 2. The summed E-state index contributed by atoms with van der Waals surface area (Å²) in [6.45, 7) is 3.14. The molecule has 0 aliphatic rings. The molecule has 0 amide bonds. The van der Waals surface area contributed by atoms with Gasteiger partial charge in [0.15, 0.2) is 11.6 Å². The number of pyridine rings is 2. The minimum Gasteiger partial charge on any atom is -0.330 e. The normalized spacial score (nSPS) is 10.9. The van der Waals surface area contributed by atoms with Crippen LogP contribution >= 0.6 is 12.2 Å². The molecular formula is C10H8F2N2S. The molecule has 0 fully saturated rings. The van der Waals surface area contributed by atoms with Gasteiger partial charge in [-0.25, -0.2) is 13.8 Å². The molecule has 0 aliphatic carbocycles. The standard InChI is InChI=1S/C10H8F2N2S/c1-4-3-6-8(12)7(11)5(2)13-9(6)14-10(4)15/h3H,1-2H3,(H,13,14,15). The van der Waals surface area contributed by atoms with Crippen molar-refractivity contribution in [3.05, 3.63) is 33.6 Å². The van der Waals surface area contributed by atoms with Crippen molar-refractivity contribution in [3.63, 3.8) is 0 Å². The van der Waals surface area contributed by atoms with Gasteiger partial charge in [-0.15, -0.1) is 0 Å². The third-order valence-electron chi connectivity index (χ3n) is 2.23. The summed E-state index contributed by atoms with van der Waals surface area (Å²) >= 11 is 4.99. The van der Waals surface area contributed by atoms with Crippen molar-refractivity contribution in [1.82, 2.24) is 9.97 Å². The quantitative estimate of drug-likeness (QED) is 0.699. The van der Waals surface area contributed by atoms with Crippen molar-refractivity contribution >= 4 is 23.3 Å². The van der Waals surface area contributed by atoms with Crippen LogP contribution in [0.4, 0.5) is 8.78 Å². The van der Waals surface area contributed by atoms with E-state index in [2.05, 4.69) is 9.97 Å². The molecule has 0 aliphatic heterocycles. The van der Waals surface area contributed by atoms with Crippen molar-refractivity contribution in [2.45, 2.75) is 13.8 Å². The van der Waals surface area contributed by atoms with Crippen LogP contribution in [-0.2, 0) is 0 Å². The second-order valence-corrected chi connectivity index (χ2v) is 3.78. The van der Waals surface area contributed by atoms with E-state index in [0.717, 1.165) is 0 Å². The molecular weight excluding hydrogens is 218 g/mol. The van der Waals surface area contributed by atoms with E-state index in [-0.39, 0.29) is 16.7 Å². The van der Waals surface area contributed by atoms with E-state index in [1.54, 1.807) is 6.92 Å². The Morgan fingerprint density at radius 2 is 1.93 bits per heavy atom. The van der Waals surface area contributed by atoms with Crippen molar-refractivity contribution in [1.29, 1.82) is 0 Å². The minimum atomic E-state index is -0.910. The first kappa shape index (κ1) is 10.2. The Morgan fingerprint density at radius 1 is 1.27 bits per heavy atom. The topological polar surface area (TPSA) is 28.7 Å². The number of hydrogen-bond donors (Lipinski definition) is 1. The maximum Gasteiger partial charge on any atom is 0.180 e. The molecule has 0 saturated heterocycles. The summed E-state index contributed by atoms with van der Waals surface area (Å²) < 4.78 is 27.2. The van der Waals surface area contributed by atoms with Crippen molar-refractivity contribution < 1.29 is 8.78 Å². The highest BCUT2D eigenvalue weighted by atomic mass is 32.1. The van der Waals surface area contributed by atoms with Crippen molar-refractivity contribution in [3.8, 4) is 0 Å². The van der Waals surface area contributed by atoms with Crippen LogP contribution in [0.1, 0.15) is 11.3 Å². The lowest BCUT2D eigenvalue weighted by atomic mass is 10.2. The number of aromatic amines is 1. The summed E-state index contributed by atoms with van der Waals surface area (Å²) in [5.41, 5.74) is 0.998. The van der Waals surface area contributed by atoms with E-state index in [0.29, 0.717) is 10.2 Å². The Bertz CT molecular complexity index is 604. The molecule has 2 heterocycles. The number of aromatic nitrogens is 2. The Kier molecular flexibility index (Phi) is 2.26. The summed E-state index contributed by atoms with van der Waals surface area (Å²) in [4.78, 5) is 6.66. The zero-order chi connectivity index (χ0) is 11.2. The predicted octanol–water partition coefficient (Wildman–Crippen LogP) is 3.19. The van der Waals surface area contributed by atoms with E-state index in [1.807, 2.05) is 0 Å². The predicted molar refractivity (Wildman–Crippen MR) is 56.3 cm³/mol. The van der Waals surface area contributed by atoms with E-state index in [4.69, 9.17) is 12.2 Å². The van der Waals surface area contributed by atoms with Crippen LogP contribution in [0.15, 0.2) is 6.07 Å². The second kappa shape index (κ2) is 3.34. The molecule has 0 saturated carbocycles. The van der Waals surface area contributed by atoms with Gasteiger partial charge in [-0.3, -0.25) is 0 Å². The van der Waals surface area contributed by atoms with Gasteiger partial charge in [0.25, 0.3) is 0 Å². The third-order valence-corrected chi connectivity index (χ3v) is 2.66. The summed E-state index contributed by atoms with van der Waals surface area (Å²) in [7, 11) is 0. The van der Waals surface area contributed by atoms with Gasteiger partial charge < -0.3 is 4.98 Å². The molecule has 2 nitrogen and oxygen atoms in total. The number of aryl methyl sites for hydroxylation is 2. The smallest absolute Gasteiger partial charge is 0.180 e. The van der Waals surface area contributed by atoms with Gasteiger partial charge in [-0.05, 0) is 25.5 Å². The molecule has 0 bridgehead atoms. The average Bonchev–Trinajstić information content (AvgIpc) is 2.19. The molecule has 78 valence electrons. The molecule has 2 aromatic rings. The molecule has 15 heavy (non-hydrogen) atoms. The van der Waals surface area contributed by atoms with Crippen LogP contribution in [0, 0.1) is 30.1 Å². The van der Waals surface area contributed by atoms with Gasteiger partial charge >= 0.3 is 0 Å². The summed E-state index contributed by atoms with van der Waals surface area (Å²) in [6, 6.07) is 1.50. The lowest BCUT2D eigenvalue weighted by Crippen LogP contribution is -1.98. The highest BCUT2D eigenvalue weighted by molar-refractivity contribution is 7.71. The van der Waals surface area contributed by atoms with Crippen LogP contribution in [0.25, 0.3) is 11.0 Å². The number of nitrogens with one attached hydrogen (secondary N) is 1. The monoisotopic (exact) mass is 226 g/mol. The molecule has 0 spiro atoms. The van der Waals surface area contributed by atoms with Gasteiger partial charge in [0.05, 0.1) is 11.1 Å². The van der Waals surface area contributed by atoms with Gasteiger partial charge in [0, 0.05) is 0 Å². The summed E-state index contributed by atoms with van der Waals surface area (Å²) in [5.74, 6) is -1.79. The Labute approximate surface area is 90.0 Å². The SMILES string of the molecule is Cc1nc2[nH]c(=S)c(C)cc2c(F)c1F. The second-order valence-electron chi connectivity index (χ2n) is 3.37. The van der Waals surface area contributed by atoms with Gasteiger partial charge in [-0.1, -0.05) is 12.2 Å². The zero-order valence-corrected chi connectivity index (χ0v) is 9.01.